The monoisotopic (exact) mass is 346 g/mol. The van der Waals surface area contributed by atoms with Gasteiger partial charge in [0.1, 0.15) is 11.2 Å². The van der Waals surface area contributed by atoms with Crippen LogP contribution in [-0.4, -0.2) is 9.97 Å². The molecule has 0 spiro atoms. The van der Waals surface area contributed by atoms with Gasteiger partial charge in [0.05, 0.1) is 11.0 Å². The maximum absolute atomic E-state index is 6.09. The summed E-state index contributed by atoms with van der Waals surface area (Å²) in [6.45, 7) is 0. The summed E-state index contributed by atoms with van der Waals surface area (Å²) < 4.78 is 6.09. The van der Waals surface area contributed by atoms with Crippen LogP contribution >= 0.6 is 0 Å². The van der Waals surface area contributed by atoms with Gasteiger partial charge in [0.15, 0.2) is 0 Å². The smallest absolute Gasteiger partial charge is 0.136 e. The summed E-state index contributed by atoms with van der Waals surface area (Å²) in [6.07, 6.45) is 0. The van der Waals surface area contributed by atoms with E-state index in [1.807, 2.05) is 12.1 Å². The molecule has 3 heterocycles. The van der Waals surface area contributed by atoms with Crippen molar-refractivity contribution in [3.05, 3.63) is 72.8 Å². The van der Waals surface area contributed by atoms with Gasteiger partial charge in [0, 0.05) is 43.4 Å². The number of hydrogen-bond donors (Lipinski definition) is 2. The fraction of sp³-hybridized carbons (Fsp3) is 0. The van der Waals surface area contributed by atoms with E-state index in [0.717, 1.165) is 38.6 Å². The number of aromatic amines is 2. The number of nitrogens with one attached hydrogen (secondary N) is 2. The number of H-pyrrole nitrogens is 2. The third-order valence-electron chi connectivity index (χ3n) is 5.75. The average Bonchev–Trinajstić information content (AvgIpc) is 3.37. The van der Waals surface area contributed by atoms with Crippen LogP contribution < -0.4 is 0 Å². The topological polar surface area (TPSA) is 44.7 Å². The predicted octanol–water partition coefficient (Wildman–Crippen LogP) is 6.86. The van der Waals surface area contributed by atoms with Crippen LogP contribution in [-0.2, 0) is 0 Å². The minimum Gasteiger partial charge on any atom is -0.456 e. The number of para-hydroxylation sites is 2. The minimum absolute atomic E-state index is 0.932. The van der Waals surface area contributed by atoms with Crippen molar-refractivity contribution >= 4 is 65.6 Å². The van der Waals surface area contributed by atoms with E-state index in [1.165, 1.54) is 26.9 Å². The molecule has 27 heavy (non-hydrogen) atoms. The molecule has 0 bridgehead atoms. The fourth-order valence-corrected chi connectivity index (χ4v) is 4.59. The van der Waals surface area contributed by atoms with E-state index < -0.39 is 0 Å². The van der Waals surface area contributed by atoms with Gasteiger partial charge < -0.3 is 14.4 Å². The second-order valence-corrected chi connectivity index (χ2v) is 7.17. The molecule has 3 nitrogen and oxygen atoms in total. The lowest BCUT2D eigenvalue weighted by Gasteiger charge is -1.96. The molecule has 0 amide bonds. The lowest BCUT2D eigenvalue weighted by Crippen LogP contribution is -1.72. The summed E-state index contributed by atoms with van der Waals surface area (Å²) in [7, 11) is 0. The summed E-state index contributed by atoms with van der Waals surface area (Å²) in [5.74, 6) is 0. The maximum atomic E-state index is 6.09. The maximum Gasteiger partial charge on any atom is 0.136 e. The number of rotatable bonds is 0. The molecule has 126 valence electrons. The zero-order chi connectivity index (χ0) is 17.5. The van der Waals surface area contributed by atoms with Gasteiger partial charge in [-0.1, -0.05) is 48.5 Å². The van der Waals surface area contributed by atoms with Crippen molar-refractivity contribution in [3.8, 4) is 0 Å². The molecule has 0 radical (unpaired) electrons. The summed E-state index contributed by atoms with van der Waals surface area (Å²) >= 11 is 0. The quantitative estimate of drug-likeness (QED) is 0.310. The Morgan fingerprint density at radius 3 is 2.19 bits per heavy atom. The highest BCUT2D eigenvalue weighted by molar-refractivity contribution is 6.30. The van der Waals surface area contributed by atoms with E-state index in [0.29, 0.717) is 0 Å². The van der Waals surface area contributed by atoms with Crippen LogP contribution in [0.25, 0.3) is 65.6 Å². The molecule has 0 fully saturated rings. The van der Waals surface area contributed by atoms with Crippen molar-refractivity contribution in [1.29, 1.82) is 0 Å². The van der Waals surface area contributed by atoms with Crippen LogP contribution in [0.4, 0.5) is 0 Å². The van der Waals surface area contributed by atoms with Gasteiger partial charge in [-0.2, -0.15) is 0 Å². The molecule has 3 heteroatoms. The first-order chi connectivity index (χ1) is 13.4. The Kier molecular flexibility index (Phi) is 2.25. The molecule has 0 aliphatic heterocycles. The van der Waals surface area contributed by atoms with E-state index in [-0.39, 0.29) is 0 Å². The molecule has 4 aromatic carbocycles. The Bertz CT molecular complexity index is 1680. The largest absolute Gasteiger partial charge is 0.456 e. The molecule has 7 rings (SSSR count). The highest BCUT2D eigenvalue weighted by Gasteiger charge is 2.16. The van der Waals surface area contributed by atoms with E-state index >= 15 is 0 Å². The molecular formula is C24H14N2O. The minimum atomic E-state index is 0.932. The summed E-state index contributed by atoms with van der Waals surface area (Å²) in [5, 5.41) is 7.31. The van der Waals surface area contributed by atoms with Crippen LogP contribution in [0.15, 0.2) is 77.2 Å². The predicted molar refractivity (Wildman–Crippen MR) is 112 cm³/mol. The summed E-state index contributed by atoms with van der Waals surface area (Å²) in [5.41, 5.74) is 6.47. The van der Waals surface area contributed by atoms with Crippen LogP contribution in [0.1, 0.15) is 0 Å². The fourth-order valence-electron chi connectivity index (χ4n) is 4.59. The second-order valence-electron chi connectivity index (χ2n) is 7.17. The van der Waals surface area contributed by atoms with Gasteiger partial charge in [0.2, 0.25) is 0 Å². The molecular weight excluding hydrogens is 332 g/mol. The molecule has 0 saturated heterocycles. The molecule has 0 saturated carbocycles. The number of aromatic nitrogens is 2. The first-order valence-corrected chi connectivity index (χ1v) is 9.13. The molecule has 0 atom stereocenters. The zero-order valence-electron chi connectivity index (χ0n) is 14.3. The molecule has 0 aliphatic rings. The highest BCUT2D eigenvalue weighted by Crippen LogP contribution is 2.40. The van der Waals surface area contributed by atoms with Crippen molar-refractivity contribution in [2.24, 2.45) is 0 Å². The first-order valence-electron chi connectivity index (χ1n) is 9.13. The third kappa shape index (κ3) is 1.57. The van der Waals surface area contributed by atoms with Gasteiger partial charge >= 0.3 is 0 Å². The van der Waals surface area contributed by atoms with Crippen molar-refractivity contribution in [3.63, 3.8) is 0 Å². The number of hydrogen-bond acceptors (Lipinski definition) is 1. The average molecular weight is 346 g/mol. The van der Waals surface area contributed by atoms with E-state index in [9.17, 15) is 0 Å². The molecule has 3 aromatic heterocycles. The van der Waals surface area contributed by atoms with Crippen LogP contribution in [0.5, 0.6) is 0 Å². The van der Waals surface area contributed by atoms with Crippen LogP contribution in [0.2, 0.25) is 0 Å². The molecule has 2 N–H and O–H groups in total. The van der Waals surface area contributed by atoms with Gasteiger partial charge in [-0.25, -0.2) is 0 Å². The SMILES string of the molecule is c1ccc2c(c1)[nH]c1c2ccc2c1[nH]c1ccc3oc4ccccc4c3c12. The molecule has 7 aromatic rings. The normalized spacial score (nSPS) is 12.4. The Labute approximate surface area is 153 Å². The molecule has 0 aliphatic carbocycles. The first kappa shape index (κ1) is 13.5. The molecule has 0 unspecified atom stereocenters. The van der Waals surface area contributed by atoms with Crippen molar-refractivity contribution in [2.45, 2.75) is 0 Å². The Balaban J connectivity index is 1.77. The Morgan fingerprint density at radius 1 is 0.481 bits per heavy atom. The third-order valence-corrected chi connectivity index (χ3v) is 5.75. The Hall–Kier alpha value is -3.72. The Morgan fingerprint density at radius 2 is 1.22 bits per heavy atom. The number of fused-ring (bicyclic) bond motifs is 11. The lowest BCUT2D eigenvalue weighted by atomic mass is 10.0. The number of benzene rings is 4. The van der Waals surface area contributed by atoms with Gasteiger partial charge in [0.25, 0.3) is 0 Å². The highest BCUT2D eigenvalue weighted by atomic mass is 16.3. The van der Waals surface area contributed by atoms with E-state index in [2.05, 4.69) is 70.6 Å². The van der Waals surface area contributed by atoms with Crippen molar-refractivity contribution in [2.75, 3.05) is 0 Å². The number of furan rings is 1. The van der Waals surface area contributed by atoms with Gasteiger partial charge in [-0.05, 0) is 24.3 Å². The summed E-state index contributed by atoms with van der Waals surface area (Å²) in [4.78, 5) is 7.26. The van der Waals surface area contributed by atoms with Gasteiger partial charge in [-0.15, -0.1) is 0 Å². The van der Waals surface area contributed by atoms with E-state index in [1.54, 1.807) is 0 Å². The summed E-state index contributed by atoms with van der Waals surface area (Å²) in [6, 6.07) is 25.4. The van der Waals surface area contributed by atoms with Gasteiger partial charge in [-0.3, -0.25) is 0 Å². The second kappa shape index (κ2) is 4.51. The lowest BCUT2D eigenvalue weighted by molar-refractivity contribution is 0.669. The standard InChI is InChI=1S/C24H14N2O/c1-3-7-17-13(5-1)14-9-10-16-21-18(26-24(16)23(14)25-17)11-12-20-22(21)15-6-2-4-8-19(15)27-20/h1-12,25-26H. The van der Waals surface area contributed by atoms with E-state index in [4.69, 9.17) is 4.42 Å². The van der Waals surface area contributed by atoms with Crippen LogP contribution in [0, 0.1) is 0 Å². The zero-order valence-corrected chi connectivity index (χ0v) is 14.3. The van der Waals surface area contributed by atoms with Crippen molar-refractivity contribution in [1.82, 2.24) is 9.97 Å². The van der Waals surface area contributed by atoms with Crippen molar-refractivity contribution < 1.29 is 4.42 Å². The van der Waals surface area contributed by atoms with Crippen LogP contribution in [0.3, 0.4) is 0 Å².